The molecule has 0 radical (unpaired) electrons. The van der Waals surface area contributed by atoms with Gasteiger partial charge in [-0.25, -0.2) is 0 Å². The van der Waals surface area contributed by atoms with E-state index < -0.39 is 5.60 Å². The van der Waals surface area contributed by atoms with Crippen LogP contribution < -0.4 is 0 Å². The van der Waals surface area contributed by atoms with Crippen LogP contribution in [0.25, 0.3) is 0 Å². The zero-order chi connectivity index (χ0) is 13.2. The zero-order valence-corrected chi connectivity index (χ0v) is 10.9. The van der Waals surface area contributed by atoms with Crippen LogP contribution in [0.1, 0.15) is 23.4 Å². The van der Waals surface area contributed by atoms with Gasteiger partial charge >= 0.3 is 0 Å². The molecule has 1 N–H and O–H groups in total. The molecule has 1 aliphatic heterocycles. The number of hydrogen-bond donors (Lipinski definition) is 1. The Morgan fingerprint density at radius 2 is 2.17 bits per heavy atom. The SMILES string of the molecule is CN(CC1(O)CCOCC1)C(=O)c1ccc(Cl)o1. The van der Waals surface area contributed by atoms with Crippen LogP contribution in [-0.4, -0.2) is 48.3 Å². The van der Waals surface area contributed by atoms with E-state index in [9.17, 15) is 9.90 Å². The first kappa shape index (κ1) is 13.4. The van der Waals surface area contributed by atoms with Crippen LogP contribution in [0, 0.1) is 0 Å². The lowest BCUT2D eigenvalue weighted by atomic mass is 9.94. The first-order valence-corrected chi connectivity index (χ1v) is 6.19. The average molecular weight is 274 g/mol. The van der Waals surface area contributed by atoms with Gasteiger partial charge in [0.25, 0.3) is 5.91 Å². The summed E-state index contributed by atoms with van der Waals surface area (Å²) in [5, 5.41) is 10.5. The number of nitrogens with zero attached hydrogens (tertiary/aromatic N) is 1. The molecule has 18 heavy (non-hydrogen) atoms. The summed E-state index contributed by atoms with van der Waals surface area (Å²) in [6.07, 6.45) is 1.06. The number of aliphatic hydroxyl groups is 1. The number of rotatable bonds is 3. The van der Waals surface area contributed by atoms with E-state index in [0.29, 0.717) is 26.1 Å². The summed E-state index contributed by atoms with van der Waals surface area (Å²) in [5.74, 6) is -0.111. The highest BCUT2D eigenvalue weighted by molar-refractivity contribution is 6.29. The van der Waals surface area contributed by atoms with Gasteiger partial charge in [-0.05, 0) is 23.7 Å². The number of carbonyl (C=O) groups excluding carboxylic acids is 1. The number of carbonyl (C=O) groups is 1. The minimum Gasteiger partial charge on any atom is -0.440 e. The van der Waals surface area contributed by atoms with Gasteiger partial charge in [0.15, 0.2) is 11.0 Å². The zero-order valence-electron chi connectivity index (χ0n) is 10.2. The maximum atomic E-state index is 12.0. The number of furan rings is 1. The average Bonchev–Trinajstić information content (AvgIpc) is 2.75. The van der Waals surface area contributed by atoms with Crippen molar-refractivity contribution in [2.45, 2.75) is 18.4 Å². The van der Waals surface area contributed by atoms with Gasteiger partial charge in [-0.15, -0.1) is 0 Å². The van der Waals surface area contributed by atoms with Gasteiger partial charge in [-0.3, -0.25) is 4.79 Å². The van der Waals surface area contributed by atoms with Crippen molar-refractivity contribution < 1.29 is 19.1 Å². The minimum atomic E-state index is -0.876. The van der Waals surface area contributed by atoms with Crippen molar-refractivity contribution >= 4 is 17.5 Å². The number of hydrogen-bond acceptors (Lipinski definition) is 4. The highest BCUT2D eigenvalue weighted by atomic mass is 35.5. The Morgan fingerprint density at radius 1 is 1.50 bits per heavy atom. The van der Waals surface area contributed by atoms with E-state index in [1.807, 2.05) is 0 Å². The molecule has 1 fully saturated rings. The van der Waals surface area contributed by atoms with E-state index >= 15 is 0 Å². The fourth-order valence-electron chi connectivity index (χ4n) is 2.04. The van der Waals surface area contributed by atoms with Gasteiger partial charge in [0.1, 0.15) is 0 Å². The monoisotopic (exact) mass is 273 g/mol. The van der Waals surface area contributed by atoms with Gasteiger partial charge in [0, 0.05) is 39.6 Å². The number of likely N-dealkylation sites (N-methyl/N-ethyl adjacent to an activating group) is 1. The van der Waals surface area contributed by atoms with Crippen LogP contribution in [-0.2, 0) is 4.74 Å². The van der Waals surface area contributed by atoms with E-state index in [1.54, 1.807) is 7.05 Å². The highest BCUT2D eigenvalue weighted by Crippen LogP contribution is 2.22. The van der Waals surface area contributed by atoms with Crippen molar-refractivity contribution in [1.82, 2.24) is 4.90 Å². The van der Waals surface area contributed by atoms with Crippen molar-refractivity contribution in [3.8, 4) is 0 Å². The van der Waals surface area contributed by atoms with Crippen molar-refractivity contribution in [2.75, 3.05) is 26.8 Å². The molecule has 1 aliphatic rings. The Balaban J connectivity index is 1.98. The smallest absolute Gasteiger partial charge is 0.289 e. The van der Waals surface area contributed by atoms with E-state index in [0.717, 1.165) is 0 Å². The molecule has 0 bridgehead atoms. The molecular formula is C12H16ClNO4. The van der Waals surface area contributed by atoms with Crippen molar-refractivity contribution in [2.24, 2.45) is 0 Å². The molecule has 0 unspecified atom stereocenters. The molecule has 1 aromatic rings. The summed E-state index contributed by atoms with van der Waals surface area (Å²) in [6, 6.07) is 3.04. The standard InChI is InChI=1S/C12H16ClNO4/c1-14(8-12(16)4-6-17-7-5-12)11(15)9-2-3-10(13)18-9/h2-3,16H,4-8H2,1H3. The fraction of sp³-hybridized carbons (Fsp3) is 0.583. The summed E-state index contributed by atoms with van der Waals surface area (Å²) < 4.78 is 10.3. The molecule has 100 valence electrons. The molecule has 2 heterocycles. The topological polar surface area (TPSA) is 62.9 Å². The lowest BCUT2D eigenvalue weighted by molar-refractivity contribution is -0.0736. The fourth-order valence-corrected chi connectivity index (χ4v) is 2.19. The second kappa shape index (κ2) is 5.30. The van der Waals surface area contributed by atoms with Crippen molar-refractivity contribution in [3.05, 3.63) is 23.1 Å². The maximum absolute atomic E-state index is 12.0. The molecule has 1 aromatic heterocycles. The molecule has 6 heteroatoms. The van der Waals surface area contributed by atoms with Gasteiger partial charge < -0.3 is 19.2 Å². The first-order valence-electron chi connectivity index (χ1n) is 5.81. The molecule has 1 saturated heterocycles. The van der Waals surface area contributed by atoms with Gasteiger partial charge in [-0.2, -0.15) is 0 Å². The Bertz CT molecular complexity index is 425. The van der Waals surface area contributed by atoms with E-state index in [-0.39, 0.29) is 23.4 Å². The van der Waals surface area contributed by atoms with E-state index in [2.05, 4.69) is 0 Å². The van der Waals surface area contributed by atoms with Crippen LogP contribution >= 0.6 is 11.6 Å². The summed E-state index contributed by atoms with van der Waals surface area (Å²) in [5.41, 5.74) is -0.876. The van der Waals surface area contributed by atoms with Crippen LogP contribution in [0.15, 0.2) is 16.5 Å². The molecule has 0 saturated carbocycles. The summed E-state index contributed by atoms with van der Waals surface area (Å²) in [7, 11) is 1.63. The molecule has 0 atom stereocenters. The normalized spacial score (nSPS) is 18.6. The minimum absolute atomic E-state index is 0.177. The lowest BCUT2D eigenvalue weighted by Gasteiger charge is -2.35. The molecular weight excluding hydrogens is 258 g/mol. The molecule has 0 spiro atoms. The number of ether oxygens (including phenoxy) is 1. The largest absolute Gasteiger partial charge is 0.440 e. The third-order valence-corrected chi connectivity index (χ3v) is 3.29. The van der Waals surface area contributed by atoms with Gasteiger partial charge in [0.05, 0.1) is 5.60 Å². The van der Waals surface area contributed by atoms with Crippen LogP contribution in [0.4, 0.5) is 0 Å². The summed E-state index contributed by atoms with van der Waals surface area (Å²) in [4.78, 5) is 13.4. The van der Waals surface area contributed by atoms with Crippen LogP contribution in [0.5, 0.6) is 0 Å². The second-order valence-corrected chi connectivity index (χ2v) is 4.97. The Hall–Kier alpha value is -1.04. The number of halogens is 1. The van der Waals surface area contributed by atoms with Crippen LogP contribution in [0.2, 0.25) is 5.22 Å². The summed E-state index contributed by atoms with van der Waals surface area (Å²) >= 11 is 5.63. The lowest BCUT2D eigenvalue weighted by Crippen LogP contribution is -2.47. The first-order chi connectivity index (χ1) is 8.50. The Kier molecular flexibility index (Phi) is 3.94. The highest BCUT2D eigenvalue weighted by Gasteiger charge is 2.33. The van der Waals surface area contributed by atoms with Gasteiger partial charge in [0.2, 0.25) is 0 Å². The Morgan fingerprint density at radius 3 is 2.72 bits per heavy atom. The molecule has 2 rings (SSSR count). The molecule has 0 aromatic carbocycles. The molecule has 0 aliphatic carbocycles. The molecule has 1 amide bonds. The van der Waals surface area contributed by atoms with E-state index in [4.69, 9.17) is 20.8 Å². The maximum Gasteiger partial charge on any atom is 0.289 e. The quantitative estimate of drug-likeness (QED) is 0.908. The predicted octanol–water partition coefficient (Wildman–Crippen LogP) is 1.55. The van der Waals surface area contributed by atoms with Crippen LogP contribution in [0.3, 0.4) is 0 Å². The third kappa shape index (κ3) is 3.04. The third-order valence-electron chi connectivity index (χ3n) is 3.09. The number of amides is 1. The van der Waals surface area contributed by atoms with Gasteiger partial charge in [-0.1, -0.05) is 0 Å². The predicted molar refractivity (Wildman–Crippen MR) is 65.7 cm³/mol. The Labute approximate surface area is 110 Å². The molecule has 5 nitrogen and oxygen atoms in total. The van der Waals surface area contributed by atoms with Crippen molar-refractivity contribution in [3.63, 3.8) is 0 Å². The summed E-state index contributed by atoms with van der Waals surface area (Å²) in [6.45, 7) is 1.30. The van der Waals surface area contributed by atoms with Crippen molar-refractivity contribution in [1.29, 1.82) is 0 Å². The second-order valence-electron chi connectivity index (χ2n) is 4.60. The van der Waals surface area contributed by atoms with E-state index in [1.165, 1.54) is 17.0 Å².